The van der Waals surface area contributed by atoms with Crippen LogP contribution in [0.4, 0.5) is 0 Å². The van der Waals surface area contributed by atoms with Gasteiger partial charge in [-0.3, -0.25) is 4.79 Å². The van der Waals surface area contributed by atoms with E-state index in [-0.39, 0.29) is 5.78 Å². The Hall–Kier alpha value is -2.63. The summed E-state index contributed by atoms with van der Waals surface area (Å²) in [7, 11) is 0. The lowest BCUT2D eigenvalue weighted by atomic mass is 10.1. The molecule has 0 atom stereocenters. The van der Waals surface area contributed by atoms with Gasteiger partial charge in [0, 0.05) is 31.4 Å². The van der Waals surface area contributed by atoms with E-state index in [9.17, 15) is 4.79 Å². The summed E-state index contributed by atoms with van der Waals surface area (Å²) >= 11 is 0. The van der Waals surface area contributed by atoms with Gasteiger partial charge in [-0.15, -0.1) is 0 Å². The molecule has 21 heavy (non-hydrogen) atoms. The molecule has 3 rings (SSSR count). The van der Waals surface area contributed by atoms with Crippen molar-refractivity contribution in [1.29, 1.82) is 0 Å². The molecule has 0 unspecified atom stereocenters. The summed E-state index contributed by atoms with van der Waals surface area (Å²) in [6.45, 7) is 0.865. The lowest BCUT2D eigenvalue weighted by Gasteiger charge is -2.00. The molecule has 6 nitrogen and oxygen atoms in total. The SMILES string of the molecule is O=C(CCCCn1ccnc1)c1cc(-c2ccco2)on1. The normalized spacial score (nSPS) is 10.9. The van der Waals surface area contributed by atoms with Gasteiger partial charge in [0.15, 0.2) is 11.5 Å². The molecule has 0 saturated heterocycles. The van der Waals surface area contributed by atoms with Crippen molar-refractivity contribution < 1.29 is 13.7 Å². The van der Waals surface area contributed by atoms with Crippen LogP contribution >= 0.6 is 0 Å². The number of Topliss-reactive ketones (excluding diaryl/α,β-unsaturated/α-hetero) is 1. The number of aromatic nitrogens is 3. The first-order valence-electron chi connectivity index (χ1n) is 6.82. The molecule has 0 amide bonds. The Morgan fingerprint density at radius 2 is 2.24 bits per heavy atom. The summed E-state index contributed by atoms with van der Waals surface area (Å²) in [5, 5.41) is 3.80. The van der Waals surface area contributed by atoms with Gasteiger partial charge in [0.05, 0.1) is 12.6 Å². The summed E-state index contributed by atoms with van der Waals surface area (Å²) in [5.41, 5.74) is 0.351. The fraction of sp³-hybridized carbons (Fsp3) is 0.267. The number of aryl methyl sites for hydroxylation is 1. The summed E-state index contributed by atoms with van der Waals surface area (Å²) in [5.74, 6) is 1.03. The van der Waals surface area contributed by atoms with E-state index >= 15 is 0 Å². The van der Waals surface area contributed by atoms with Crippen molar-refractivity contribution in [2.75, 3.05) is 0 Å². The minimum absolute atomic E-state index is 0.0119. The molecule has 0 saturated carbocycles. The summed E-state index contributed by atoms with van der Waals surface area (Å²) in [6, 6.07) is 5.15. The molecule has 0 aliphatic rings. The van der Waals surface area contributed by atoms with Crippen LogP contribution in [-0.4, -0.2) is 20.5 Å². The zero-order valence-electron chi connectivity index (χ0n) is 11.4. The molecule has 3 heterocycles. The smallest absolute Gasteiger partial charge is 0.202 e. The van der Waals surface area contributed by atoms with Gasteiger partial charge in [0.25, 0.3) is 0 Å². The maximum absolute atomic E-state index is 12.0. The van der Waals surface area contributed by atoms with Crippen LogP contribution in [0.1, 0.15) is 29.8 Å². The lowest BCUT2D eigenvalue weighted by Crippen LogP contribution is -2.01. The number of nitrogens with zero attached hydrogens (tertiary/aromatic N) is 3. The fourth-order valence-electron chi connectivity index (χ4n) is 2.07. The van der Waals surface area contributed by atoms with E-state index < -0.39 is 0 Å². The van der Waals surface area contributed by atoms with Gasteiger partial charge in [-0.2, -0.15) is 0 Å². The highest BCUT2D eigenvalue weighted by Crippen LogP contribution is 2.21. The minimum atomic E-state index is -0.0119. The number of carbonyl (C=O) groups excluding carboxylic acids is 1. The number of hydrogen-bond donors (Lipinski definition) is 0. The molecular weight excluding hydrogens is 270 g/mol. The van der Waals surface area contributed by atoms with E-state index in [0.29, 0.717) is 23.6 Å². The van der Waals surface area contributed by atoms with E-state index in [2.05, 4.69) is 10.1 Å². The largest absolute Gasteiger partial charge is 0.461 e. The van der Waals surface area contributed by atoms with E-state index in [0.717, 1.165) is 19.4 Å². The van der Waals surface area contributed by atoms with E-state index in [1.165, 1.54) is 0 Å². The van der Waals surface area contributed by atoms with Crippen molar-refractivity contribution in [2.24, 2.45) is 0 Å². The van der Waals surface area contributed by atoms with Crippen LogP contribution < -0.4 is 0 Å². The number of furan rings is 1. The van der Waals surface area contributed by atoms with Gasteiger partial charge in [0.1, 0.15) is 5.69 Å². The summed E-state index contributed by atoms with van der Waals surface area (Å²) in [6.07, 6.45) is 9.17. The van der Waals surface area contributed by atoms with Gasteiger partial charge >= 0.3 is 0 Å². The van der Waals surface area contributed by atoms with E-state index in [1.54, 1.807) is 37.0 Å². The molecule has 3 aromatic heterocycles. The quantitative estimate of drug-likeness (QED) is 0.492. The van der Waals surface area contributed by atoms with Gasteiger partial charge in [-0.05, 0) is 25.0 Å². The molecule has 6 heteroatoms. The maximum Gasteiger partial charge on any atom is 0.202 e. The average molecular weight is 285 g/mol. The third kappa shape index (κ3) is 3.28. The van der Waals surface area contributed by atoms with Gasteiger partial charge in [-0.25, -0.2) is 4.98 Å². The van der Waals surface area contributed by atoms with Crippen LogP contribution in [0, 0.1) is 0 Å². The summed E-state index contributed by atoms with van der Waals surface area (Å²) in [4.78, 5) is 16.0. The second-order valence-corrected chi connectivity index (χ2v) is 4.73. The number of hydrogen-bond acceptors (Lipinski definition) is 5. The van der Waals surface area contributed by atoms with Gasteiger partial charge < -0.3 is 13.5 Å². The minimum Gasteiger partial charge on any atom is -0.461 e. The average Bonchev–Trinajstić information content (AvgIpc) is 3.25. The number of ketones is 1. The van der Waals surface area contributed by atoms with Crippen LogP contribution in [0.5, 0.6) is 0 Å². The van der Waals surface area contributed by atoms with Crippen molar-refractivity contribution >= 4 is 5.78 Å². The van der Waals surface area contributed by atoms with Crippen LogP contribution in [0.15, 0.2) is 52.1 Å². The first kappa shape index (κ1) is 13.4. The molecule has 0 N–H and O–H groups in total. The topological polar surface area (TPSA) is 74.1 Å². The van der Waals surface area contributed by atoms with Crippen LogP contribution in [0.25, 0.3) is 11.5 Å². The highest BCUT2D eigenvalue weighted by Gasteiger charge is 2.14. The Morgan fingerprint density at radius 3 is 3.00 bits per heavy atom. The van der Waals surface area contributed by atoms with Gasteiger partial charge in [-0.1, -0.05) is 5.16 Å². The molecule has 3 aromatic rings. The number of carbonyl (C=O) groups is 1. The van der Waals surface area contributed by atoms with Crippen LogP contribution in [0.2, 0.25) is 0 Å². The molecule has 0 aliphatic heterocycles. The Bertz CT molecular complexity index is 684. The molecule has 0 aromatic carbocycles. The first-order chi connectivity index (χ1) is 10.3. The molecule has 0 bridgehead atoms. The van der Waals surface area contributed by atoms with Crippen molar-refractivity contribution in [3.8, 4) is 11.5 Å². The zero-order valence-corrected chi connectivity index (χ0v) is 11.4. The Kier molecular flexibility index (Phi) is 3.95. The highest BCUT2D eigenvalue weighted by atomic mass is 16.5. The predicted octanol–water partition coefficient (Wildman–Crippen LogP) is 3.18. The third-order valence-corrected chi connectivity index (χ3v) is 3.19. The monoisotopic (exact) mass is 285 g/mol. The summed E-state index contributed by atoms with van der Waals surface area (Å²) < 4.78 is 12.3. The van der Waals surface area contributed by atoms with Crippen molar-refractivity contribution in [2.45, 2.75) is 25.8 Å². The molecule has 0 spiro atoms. The maximum atomic E-state index is 12.0. The number of imidazole rings is 1. The highest BCUT2D eigenvalue weighted by molar-refractivity contribution is 5.94. The Labute approximate surface area is 121 Å². The van der Waals surface area contributed by atoms with E-state index in [4.69, 9.17) is 8.94 Å². The van der Waals surface area contributed by atoms with Crippen molar-refractivity contribution in [1.82, 2.24) is 14.7 Å². The molecule has 0 aliphatic carbocycles. The number of rotatable bonds is 7. The van der Waals surface area contributed by atoms with Gasteiger partial charge in [0.2, 0.25) is 5.76 Å². The molecular formula is C15H15N3O3. The fourth-order valence-corrected chi connectivity index (χ4v) is 2.07. The van der Waals surface area contributed by atoms with Crippen molar-refractivity contribution in [3.05, 3.63) is 48.9 Å². The second kappa shape index (κ2) is 6.21. The standard InChI is InChI=1S/C15H15N3O3/c19-13(4-1-2-7-18-8-6-16-11-18)12-10-15(21-17-12)14-5-3-9-20-14/h3,5-6,8-11H,1-2,4,7H2. The Balaban J connectivity index is 1.49. The molecule has 0 radical (unpaired) electrons. The molecule has 108 valence electrons. The third-order valence-electron chi connectivity index (χ3n) is 3.19. The first-order valence-corrected chi connectivity index (χ1v) is 6.82. The zero-order chi connectivity index (χ0) is 14.5. The van der Waals surface area contributed by atoms with Crippen LogP contribution in [0.3, 0.4) is 0 Å². The lowest BCUT2D eigenvalue weighted by molar-refractivity contribution is 0.0970. The number of unbranched alkanes of at least 4 members (excludes halogenated alkanes) is 1. The van der Waals surface area contributed by atoms with Crippen molar-refractivity contribution in [3.63, 3.8) is 0 Å². The van der Waals surface area contributed by atoms with Crippen LogP contribution in [-0.2, 0) is 6.54 Å². The van der Waals surface area contributed by atoms with E-state index in [1.807, 2.05) is 10.8 Å². The predicted molar refractivity (Wildman–Crippen MR) is 74.6 cm³/mol. The molecule has 0 fully saturated rings. The second-order valence-electron chi connectivity index (χ2n) is 4.73. The Morgan fingerprint density at radius 1 is 1.29 bits per heavy atom.